The molecule has 120 valence electrons. The number of amides is 1. The summed E-state index contributed by atoms with van der Waals surface area (Å²) in [5, 5.41) is 10.5. The van der Waals surface area contributed by atoms with Crippen molar-refractivity contribution in [2.24, 2.45) is 11.1 Å². The third kappa shape index (κ3) is 3.57. The molecule has 0 radical (unpaired) electrons. The van der Waals surface area contributed by atoms with E-state index in [0.717, 1.165) is 64.2 Å². The summed E-state index contributed by atoms with van der Waals surface area (Å²) >= 11 is 5.26. The number of rotatable bonds is 4. The van der Waals surface area contributed by atoms with E-state index in [9.17, 15) is 9.90 Å². The second-order valence-corrected chi connectivity index (χ2v) is 7.39. The molecule has 5 heteroatoms. The predicted octanol–water partition coefficient (Wildman–Crippen LogP) is 2.38. The molecule has 0 aromatic rings. The van der Waals surface area contributed by atoms with Gasteiger partial charge in [-0.1, -0.05) is 50.7 Å². The van der Waals surface area contributed by atoms with Gasteiger partial charge in [0.25, 0.3) is 0 Å². The standard InChI is InChI=1S/C16H28N2O2S/c1-18(12-15(20)8-6-7-9-15)14(19)16(13(17)21)10-4-2-3-5-11-16/h20H,2-12H2,1H3,(H2,17,21). The molecular weight excluding hydrogens is 284 g/mol. The van der Waals surface area contributed by atoms with Gasteiger partial charge in [-0.05, 0) is 25.7 Å². The van der Waals surface area contributed by atoms with Crippen molar-refractivity contribution >= 4 is 23.1 Å². The number of nitrogens with zero attached hydrogens (tertiary/aromatic N) is 1. The van der Waals surface area contributed by atoms with Crippen LogP contribution in [0.2, 0.25) is 0 Å². The molecule has 1 amide bonds. The average molecular weight is 312 g/mol. The number of likely N-dealkylation sites (N-methyl/N-ethyl adjacent to an activating group) is 1. The lowest BCUT2D eigenvalue weighted by molar-refractivity contribution is -0.140. The minimum absolute atomic E-state index is 0.0113. The number of carbonyl (C=O) groups excluding carboxylic acids is 1. The third-order valence-corrected chi connectivity index (χ3v) is 5.64. The normalized spacial score (nSPS) is 24.3. The number of nitrogens with two attached hydrogens (primary N) is 1. The van der Waals surface area contributed by atoms with Crippen LogP contribution in [0.1, 0.15) is 64.2 Å². The quantitative estimate of drug-likeness (QED) is 0.618. The molecule has 0 unspecified atom stereocenters. The van der Waals surface area contributed by atoms with Gasteiger partial charge in [-0.15, -0.1) is 0 Å². The Labute approximate surface area is 133 Å². The van der Waals surface area contributed by atoms with Crippen molar-refractivity contribution < 1.29 is 9.90 Å². The van der Waals surface area contributed by atoms with Crippen LogP contribution in [-0.4, -0.2) is 40.1 Å². The Kier molecular flexibility index (Phi) is 5.25. The molecule has 4 nitrogen and oxygen atoms in total. The summed E-state index contributed by atoms with van der Waals surface area (Å²) in [6, 6.07) is 0. The second kappa shape index (κ2) is 6.61. The van der Waals surface area contributed by atoms with Crippen molar-refractivity contribution in [3.8, 4) is 0 Å². The Balaban J connectivity index is 2.12. The van der Waals surface area contributed by atoms with Crippen LogP contribution in [0.5, 0.6) is 0 Å². The van der Waals surface area contributed by atoms with E-state index < -0.39 is 11.0 Å². The molecule has 0 aromatic carbocycles. The fourth-order valence-corrected chi connectivity index (χ4v) is 4.26. The summed E-state index contributed by atoms with van der Waals surface area (Å²) in [5.74, 6) is 0.0113. The Hall–Kier alpha value is -0.680. The van der Waals surface area contributed by atoms with Crippen LogP contribution in [0.25, 0.3) is 0 Å². The molecular formula is C16H28N2O2S. The van der Waals surface area contributed by atoms with Crippen molar-refractivity contribution in [3.63, 3.8) is 0 Å². The first-order chi connectivity index (χ1) is 9.90. The van der Waals surface area contributed by atoms with Gasteiger partial charge in [-0.2, -0.15) is 0 Å². The summed E-state index contributed by atoms with van der Waals surface area (Å²) in [6.07, 6.45) is 9.44. The van der Waals surface area contributed by atoms with Crippen LogP contribution < -0.4 is 5.73 Å². The van der Waals surface area contributed by atoms with Crippen molar-refractivity contribution in [2.45, 2.75) is 69.8 Å². The van der Waals surface area contributed by atoms with Gasteiger partial charge < -0.3 is 15.7 Å². The molecule has 3 N–H and O–H groups in total. The Morgan fingerprint density at radius 1 is 1.10 bits per heavy atom. The summed E-state index contributed by atoms with van der Waals surface area (Å²) in [5.41, 5.74) is 4.57. The topological polar surface area (TPSA) is 66.6 Å². The lowest BCUT2D eigenvalue weighted by Crippen LogP contribution is -2.52. The number of hydrogen-bond donors (Lipinski definition) is 2. The fraction of sp³-hybridized carbons (Fsp3) is 0.875. The van der Waals surface area contributed by atoms with E-state index in [1.807, 2.05) is 0 Å². The summed E-state index contributed by atoms with van der Waals surface area (Å²) < 4.78 is 0. The number of thiocarbonyl (C=S) groups is 1. The van der Waals surface area contributed by atoms with Gasteiger partial charge in [0.2, 0.25) is 5.91 Å². The smallest absolute Gasteiger partial charge is 0.235 e. The molecule has 0 spiro atoms. The molecule has 0 bridgehead atoms. The van der Waals surface area contributed by atoms with Crippen molar-refractivity contribution in [3.05, 3.63) is 0 Å². The molecule has 2 aliphatic carbocycles. The first-order valence-electron chi connectivity index (χ1n) is 8.18. The molecule has 0 aliphatic heterocycles. The van der Waals surface area contributed by atoms with Gasteiger partial charge in [0.05, 0.1) is 16.0 Å². The van der Waals surface area contributed by atoms with E-state index in [4.69, 9.17) is 18.0 Å². The van der Waals surface area contributed by atoms with E-state index in [1.165, 1.54) is 0 Å². The fourth-order valence-electron chi connectivity index (χ4n) is 3.97. The van der Waals surface area contributed by atoms with Crippen LogP contribution in [0.3, 0.4) is 0 Å². The summed E-state index contributed by atoms with van der Waals surface area (Å²) in [6.45, 7) is 0.399. The van der Waals surface area contributed by atoms with Gasteiger partial charge in [0, 0.05) is 13.6 Å². The molecule has 2 fully saturated rings. The summed E-state index contributed by atoms with van der Waals surface area (Å²) in [4.78, 5) is 15.0. The predicted molar refractivity (Wildman–Crippen MR) is 88.0 cm³/mol. The van der Waals surface area contributed by atoms with Crippen LogP contribution in [0, 0.1) is 5.41 Å². The molecule has 21 heavy (non-hydrogen) atoms. The van der Waals surface area contributed by atoms with E-state index in [2.05, 4.69) is 0 Å². The maximum absolute atomic E-state index is 13.0. The second-order valence-electron chi connectivity index (χ2n) is 6.95. The highest BCUT2D eigenvalue weighted by Gasteiger charge is 2.44. The average Bonchev–Trinajstić information content (AvgIpc) is 2.72. The zero-order valence-corrected chi connectivity index (χ0v) is 13.9. The van der Waals surface area contributed by atoms with E-state index in [-0.39, 0.29) is 5.91 Å². The third-order valence-electron chi connectivity index (χ3n) is 5.25. The van der Waals surface area contributed by atoms with Gasteiger partial charge in [-0.3, -0.25) is 4.79 Å². The maximum atomic E-state index is 13.0. The molecule has 2 rings (SSSR count). The largest absolute Gasteiger partial charge is 0.392 e. The van der Waals surface area contributed by atoms with Crippen LogP contribution in [-0.2, 0) is 4.79 Å². The molecule has 0 saturated heterocycles. The molecule has 0 aromatic heterocycles. The first-order valence-corrected chi connectivity index (χ1v) is 8.58. The van der Waals surface area contributed by atoms with E-state index >= 15 is 0 Å². The van der Waals surface area contributed by atoms with Crippen molar-refractivity contribution in [2.75, 3.05) is 13.6 Å². The Bertz CT molecular complexity index is 397. The molecule has 2 aliphatic rings. The van der Waals surface area contributed by atoms with Crippen molar-refractivity contribution in [1.29, 1.82) is 0 Å². The summed E-state index contributed by atoms with van der Waals surface area (Å²) in [7, 11) is 1.78. The lowest BCUT2D eigenvalue weighted by atomic mass is 9.78. The van der Waals surface area contributed by atoms with Gasteiger partial charge in [0.1, 0.15) is 0 Å². The number of hydrogen-bond acceptors (Lipinski definition) is 3. The van der Waals surface area contributed by atoms with E-state index in [1.54, 1.807) is 11.9 Å². The van der Waals surface area contributed by atoms with E-state index in [0.29, 0.717) is 11.5 Å². The lowest BCUT2D eigenvalue weighted by Gasteiger charge is -2.37. The molecule has 0 atom stereocenters. The van der Waals surface area contributed by atoms with Crippen LogP contribution in [0.15, 0.2) is 0 Å². The zero-order chi connectivity index (χ0) is 15.5. The highest BCUT2D eigenvalue weighted by atomic mass is 32.1. The van der Waals surface area contributed by atoms with Gasteiger partial charge >= 0.3 is 0 Å². The zero-order valence-electron chi connectivity index (χ0n) is 13.1. The molecule has 0 heterocycles. The van der Waals surface area contributed by atoms with Crippen LogP contribution >= 0.6 is 12.2 Å². The van der Waals surface area contributed by atoms with Gasteiger partial charge in [0.15, 0.2) is 0 Å². The van der Waals surface area contributed by atoms with Gasteiger partial charge in [-0.25, -0.2) is 0 Å². The monoisotopic (exact) mass is 312 g/mol. The Morgan fingerprint density at radius 2 is 1.57 bits per heavy atom. The minimum atomic E-state index is -0.716. The highest BCUT2D eigenvalue weighted by Crippen LogP contribution is 2.38. The van der Waals surface area contributed by atoms with Crippen molar-refractivity contribution in [1.82, 2.24) is 4.90 Å². The minimum Gasteiger partial charge on any atom is -0.392 e. The maximum Gasteiger partial charge on any atom is 0.235 e. The molecule has 2 saturated carbocycles. The van der Waals surface area contributed by atoms with Crippen LogP contribution in [0.4, 0.5) is 0 Å². The highest BCUT2D eigenvalue weighted by molar-refractivity contribution is 7.80. The number of aliphatic hydroxyl groups is 1. The Morgan fingerprint density at radius 3 is 2.05 bits per heavy atom. The SMILES string of the molecule is CN(CC1(O)CCCC1)C(=O)C1(C(N)=S)CCCCCC1. The number of carbonyl (C=O) groups is 1. The first kappa shape index (κ1) is 16.7.